The van der Waals surface area contributed by atoms with Crippen molar-refractivity contribution in [2.24, 2.45) is 0 Å². The minimum atomic E-state index is -1.21. The molecule has 1 unspecified atom stereocenters. The number of anilines is 1. The van der Waals surface area contributed by atoms with E-state index in [1.54, 1.807) is 11.7 Å². The van der Waals surface area contributed by atoms with Crippen molar-refractivity contribution in [3.05, 3.63) is 42.5 Å². The summed E-state index contributed by atoms with van der Waals surface area (Å²) in [7, 11) is 1.64. The molecule has 0 amide bonds. The molecule has 10 heteroatoms. The van der Waals surface area contributed by atoms with Gasteiger partial charge in [-0.05, 0) is 24.1 Å². The number of rotatable bonds is 8. The predicted octanol–water partition coefficient (Wildman–Crippen LogP) is 1.40. The fourth-order valence-corrected chi connectivity index (χ4v) is 3.87. The smallest absolute Gasteiger partial charge is 0.167 e. The number of hydrogen-bond acceptors (Lipinski definition) is 9. The molecule has 4 N–H and O–H groups in total. The van der Waals surface area contributed by atoms with Gasteiger partial charge in [0.1, 0.15) is 30.4 Å². The van der Waals surface area contributed by atoms with Gasteiger partial charge >= 0.3 is 0 Å². The Kier molecular flexibility index (Phi) is 6.33. The SMILES string of the molecule is CCCC(Nc1ncnc2c1ncn2[C@@H]1O[C@H](CO)[C@@H](O)[C@H]1O)c1ccc(OC)cc1. The van der Waals surface area contributed by atoms with Crippen molar-refractivity contribution in [1.82, 2.24) is 19.5 Å². The van der Waals surface area contributed by atoms with Crippen molar-refractivity contribution in [3.8, 4) is 5.75 Å². The number of imidazole rings is 1. The molecule has 0 bridgehead atoms. The van der Waals surface area contributed by atoms with E-state index in [0.717, 1.165) is 24.2 Å². The number of hydrogen-bond donors (Lipinski definition) is 4. The van der Waals surface area contributed by atoms with Crippen LogP contribution in [0.3, 0.4) is 0 Å². The zero-order valence-corrected chi connectivity index (χ0v) is 17.4. The molecule has 1 aromatic carbocycles. The Morgan fingerprint density at radius 2 is 1.94 bits per heavy atom. The lowest BCUT2D eigenvalue weighted by Crippen LogP contribution is -2.33. The average molecular weight is 429 g/mol. The quantitative estimate of drug-likeness (QED) is 0.419. The van der Waals surface area contributed by atoms with Crippen molar-refractivity contribution >= 4 is 17.0 Å². The summed E-state index contributed by atoms with van der Waals surface area (Å²) < 4.78 is 12.4. The van der Waals surface area contributed by atoms with E-state index in [9.17, 15) is 15.3 Å². The minimum Gasteiger partial charge on any atom is -0.497 e. The van der Waals surface area contributed by atoms with Gasteiger partial charge < -0.3 is 30.1 Å². The van der Waals surface area contributed by atoms with Gasteiger partial charge in [0.05, 0.1) is 26.1 Å². The second-order valence-electron chi connectivity index (χ2n) is 7.53. The highest BCUT2D eigenvalue weighted by atomic mass is 16.6. The lowest BCUT2D eigenvalue weighted by atomic mass is 10.0. The summed E-state index contributed by atoms with van der Waals surface area (Å²) in [5, 5.41) is 33.2. The van der Waals surface area contributed by atoms with Gasteiger partial charge in [0, 0.05) is 0 Å². The van der Waals surface area contributed by atoms with Crippen molar-refractivity contribution in [2.45, 2.75) is 50.3 Å². The number of nitrogens with one attached hydrogen (secondary N) is 1. The van der Waals surface area contributed by atoms with Gasteiger partial charge in [-0.2, -0.15) is 0 Å². The highest BCUT2D eigenvalue weighted by molar-refractivity contribution is 5.83. The summed E-state index contributed by atoms with van der Waals surface area (Å²) in [5.74, 6) is 1.35. The van der Waals surface area contributed by atoms with Gasteiger partial charge in [-0.3, -0.25) is 4.57 Å². The van der Waals surface area contributed by atoms with Gasteiger partial charge in [0.2, 0.25) is 0 Å². The Morgan fingerprint density at radius 1 is 1.16 bits per heavy atom. The molecule has 3 aromatic rings. The monoisotopic (exact) mass is 429 g/mol. The second-order valence-corrected chi connectivity index (χ2v) is 7.53. The van der Waals surface area contributed by atoms with Crippen molar-refractivity contribution in [1.29, 1.82) is 0 Å². The fourth-order valence-electron chi connectivity index (χ4n) is 3.87. The van der Waals surface area contributed by atoms with Gasteiger partial charge in [0.15, 0.2) is 23.2 Å². The Balaban J connectivity index is 1.64. The molecule has 1 fully saturated rings. The molecule has 3 heterocycles. The van der Waals surface area contributed by atoms with E-state index in [-0.39, 0.29) is 6.04 Å². The van der Waals surface area contributed by atoms with E-state index in [4.69, 9.17) is 9.47 Å². The topological polar surface area (TPSA) is 135 Å². The second kappa shape index (κ2) is 9.15. The van der Waals surface area contributed by atoms with Gasteiger partial charge in [-0.25, -0.2) is 15.0 Å². The van der Waals surface area contributed by atoms with E-state index in [1.807, 2.05) is 24.3 Å². The first kappa shape index (κ1) is 21.4. The van der Waals surface area contributed by atoms with Crippen LogP contribution in [0.15, 0.2) is 36.9 Å². The van der Waals surface area contributed by atoms with Crippen LogP contribution >= 0.6 is 0 Å². The first-order valence-electron chi connectivity index (χ1n) is 10.3. The van der Waals surface area contributed by atoms with Crippen LogP contribution in [0, 0.1) is 0 Å². The van der Waals surface area contributed by atoms with Crippen LogP contribution in [-0.2, 0) is 4.74 Å². The predicted molar refractivity (Wildman–Crippen MR) is 113 cm³/mol. The summed E-state index contributed by atoms with van der Waals surface area (Å²) >= 11 is 0. The maximum absolute atomic E-state index is 10.4. The minimum absolute atomic E-state index is 0.00747. The number of aliphatic hydroxyl groups is 3. The van der Waals surface area contributed by atoms with E-state index < -0.39 is 31.1 Å². The van der Waals surface area contributed by atoms with Gasteiger partial charge in [-0.1, -0.05) is 25.5 Å². The molecule has 4 rings (SSSR count). The van der Waals surface area contributed by atoms with Crippen LogP contribution in [0.25, 0.3) is 11.2 Å². The maximum atomic E-state index is 10.4. The molecule has 10 nitrogen and oxygen atoms in total. The van der Waals surface area contributed by atoms with E-state index in [0.29, 0.717) is 17.0 Å². The molecule has 166 valence electrons. The normalized spacial score (nSPS) is 24.4. The van der Waals surface area contributed by atoms with Gasteiger partial charge in [0.25, 0.3) is 0 Å². The standard InChI is InChI=1S/C21H27N5O5/c1-3-4-14(12-5-7-13(30-2)8-6-12)25-19-16-20(23-10-22-19)26(11-24-16)21-18(29)17(28)15(9-27)31-21/h5-8,10-11,14-15,17-18,21,27-29H,3-4,9H2,1-2H3,(H,22,23,25)/t14?,15-,17-,18-,21-/m1/s1. The van der Waals surface area contributed by atoms with E-state index >= 15 is 0 Å². The third kappa shape index (κ3) is 4.07. The summed E-state index contributed by atoms with van der Waals surface area (Å²) in [6, 6.07) is 7.88. The Morgan fingerprint density at radius 3 is 2.58 bits per heavy atom. The molecule has 0 spiro atoms. The van der Waals surface area contributed by atoms with Crippen LogP contribution in [0.4, 0.5) is 5.82 Å². The van der Waals surface area contributed by atoms with Crippen molar-refractivity contribution < 1.29 is 24.8 Å². The number of ether oxygens (including phenoxy) is 2. The van der Waals surface area contributed by atoms with Crippen LogP contribution in [0.5, 0.6) is 5.75 Å². The molecule has 1 aliphatic rings. The largest absolute Gasteiger partial charge is 0.497 e. The Bertz CT molecular complexity index is 1010. The van der Waals surface area contributed by atoms with Crippen molar-refractivity contribution in [3.63, 3.8) is 0 Å². The molecular weight excluding hydrogens is 402 g/mol. The van der Waals surface area contributed by atoms with Crippen LogP contribution < -0.4 is 10.1 Å². The Hall–Kier alpha value is -2.79. The number of methoxy groups -OCH3 is 1. The molecule has 0 aliphatic carbocycles. The maximum Gasteiger partial charge on any atom is 0.167 e. The van der Waals surface area contributed by atoms with Crippen LogP contribution in [0.1, 0.15) is 37.6 Å². The molecular formula is C21H27N5O5. The zero-order chi connectivity index (χ0) is 22.0. The molecule has 31 heavy (non-hydrogen) atoms. The van der Waals surface area contributed by atoms with Crippen molar-refractivity contribution in [2.75, 3.05) is 19.0 Å². The van der Waals surface area contributed by atoms with E-state index in [1.165, 1.54) is 12.7 Å². The first-order valence-corrected chi connectivity index (χ1v) is 10.3. The number of fused-ring (bicyclic) bond motifs is 1. The number of benzene rings is 1. The van der Waals surface area contributed by atoms with Crippen LogP contribution in [0.2, 0.25) is 0 Å². The lowest BCUT2D eigenvalue weighted by molar-refractivity contribution is -0.0511. The van der Waals surface area contributed by atoms with E-state index in [2.05, 4.69) is 27.2 Å². The average Bonchev–Trinajstić information content (AvgIpc) is 3.35. The van der Waals surface area contributed by atoms with Gasteiger partial charge in [-0.15, -0.1) is 0 Å². The molecule has 2 aromatic heterocycles. The molecule has 1 aliphatic heterocycles. The molecule has 0 saturated carbocycles. The Labute approximate surface area is 179 Å². The van der Waals surface area contributed by atoms with Crippen LogP contribution in [-0.4, -0.2) is 66.9 Å². The molecule has 0 radical (unpaired) electrons. The third-order valence-electron chi connectivity index (χ3n) is 5.56. The summed E-state index contributed by atoms with van der Waals surface area (Å²) in [6.45, 7) is 1.72. The summed E-state index contributed by atoms with van der Waals surface area (Å²) in [5.41, 5.74) is 2.07. The first-order chi connectivity index (χ1) is 15.1. The summed E-state index contributed by atoms with van der Waals surface area (Å²) in [6.07, 6.45) is 0.564. The zero-order valence-electron chi connectivity index (χ0n) is 17.4. The fraction of sp³-hybridized carbons (Fsp3) is 0.476. The highest BCUT2D eigenvalue weighted by Crippen LogP contribution is 2.33. The lowest BCUT2D eigenvalue weighted by Gasteiger charge is -2.20. The number of nitrogens with zero attached hydrogens (tertiary/aromatic N) is 4. The number of aliphatic hydroxyl groups excluding tert-OH is 3. The third-order valence-corrected chi connectivity index (χ3v) is 5.56. The highest BCUT2D eigenvalue weighted by Gasteiger charge is 2.44. The molecule has 1 saturated heterocycles. The summed E-state index contributed by atoms with van der Waals surface area (Å²) in [4.78, 5) is 13.1. The molecule has 5 atom stereocenters. The number of aromatic nitrogens is 4.